The van der Waals surface area contributed by atoms with Crippen molar-refractivity contribution in [2.24, 2.45) is 0 Å². The third-order valence-electron chi connectivity index (χ3n) is 2.06. The van der Waals surface area contributed by atoms with Gasteiger partial charge in [-0.15, -0.1) is 12.3 Å². The molecule has 1 aromatic rings. The van der Waals surface area contributed by atoms with Crippen LogP contribution in [-0.4, -0.2) is 22.2 Å². The summed E-state index contributed by atoms with van der Waals surface area (Å²) in [7, 11) is 0. The number of rotatable bonds is 4. The van der Waals surface area contributed by atoms with Crippen molar-refractivity contribution in [1.29, 1.82) is 0 Å². The average molecular weight is 346 g/mol. The predicted molar refractivity (Wildman–Crippen MR) is 66.3 cm³/mol. The highest BCUT2D eigenvalue weighted by atomic mass is 127. The minimum absolute atomic E-state index is 0.0501. The predicted octanol–water partition coefficient (Wildman–Crippen LogP) is 1.74. The zero-order valence-electron chi connectivity index (χ0n) is 8.44. The van der Waals surface area contributed by atoms with Crippen molar-refractivity contribution < 1.29 is 22.9 Å². The molecule has 6 heteroatoms. The second-order valence-electron chi connectivity index (χ2n) is 3.02. The van der Waals surface area contributed by atoms with Crippen molar-refractivity contribution in [1.82, 2.24) is 0 Å². The van der Waals surface area contributed by atoms with Crippen molar-refractivity contribution in [3.63, 3.8) is 0 Å². The normalized spacial score (nSPS) is 9.59. The van der Waals surface area contributed by atoms with Crippen LogP contribution in [0, 0.1) is 15.9 Å². The standard InChI is InChI=1S/C11H7IO5/c1-2-3-6-7(10(13)14)4-5-8(11(15)16)9(6)12-17/h1,4-5H,3H2,(H,13,14)(H,15,16). The Hall–Kier alpha value is -1.75. The molecule has 0 saturated heterocycles. The Kier molecular flexibility index (Phi) is 4.34. The van der Waals surface area contributed by atoms with E-state index in [4.69, 9.17) is 16.6 Å². The van der Waals surface area contributed by atoms with Crippen LogP contribution in [0.15, 0.2) is 12.1 Å². The number of halogens is 1. The first-order valence-corrected chi connectivity index (χ1v) is 6.31. The summed E-state index contributed by atoms with van der Waals surface area (Å²) in [4.78, 5) is 21.8. The first kappa shape index (κ1) is 13.3. The Morgan fingerprint density at radius 2 is 1.76 bits per heavy atom. The summed E-state index contributed by atoms with van der Waals surface area (Å²) >= 11 is -1.81. The first-order valence-electron chi connectivity index (χ1n) is 4.36. The Balaban J connectivity index is 3.61. The fraction of sp³-hybridized carbons (Fsp3) is 0.0909. The lowest BCUT2D eigenvalue weighted by Crippen LogP contribution is -2.09. The molecule has 0 saturated carbocycles. The smallest absolute Gasteiger partial charge is 0.336 e. The number of carboxylic acids is 2. The van der Waals surface area contributed by atoms with Crippen molar-refractivity contribution >= 4 is 33.1 Å². The number of hydrogen-bond acceptors (Lipinski definition) is 3. The van der Waals surface area contributed by atoms with Crippen molar-refractivity contribution in [3.8, 4) is 12.3 Å². The molecule has 2 N–H and O–H groups in total. The van der Waals surface area contributed by atoms with E-state index in [1.54, 1.807) is 0 Å². The van der Waals surface area contributed by atoms with Gasteiger partial charge >= 0.3 is 11.9 Å². The fourth-order valence-corrected chi connectivity index (χ4v) is 2.74. The maximum atomic E-state index is 11.1. The molecule has 1 rings (SSSR count). The molecular formula is C11H7IO5. The zero-order valence-corrected chi connectivity index (χ0v) is 10.6. The maximum absolute atomic E-state index is 11.1. The molecule has 5 nitrogen and oxygen atoms in total. The van der Waals surface area contributed by atoms with Crippen LogP contribution in [0.25, 0.3) is 0 Å². The second kappa shape index (κ2) is 5.54. The fourth-order valence-electron chi connectivity index (χ4n) is 1.35. The average Bonchev–Trinajstić information content (AvgIpc) is 2.28. The van der Waals surface area contributed by atoms with Gasteiger partial charge < -0.3 is 10.2 Å². The molecular weight excluding hydrogens is 339 g/mol. The number of carbonyl (C=O) groups is 2. The largest absolute Gasteiger partial charge is 0.478 e. The number of terminal acetylenes is 1. The van der Waals surface area contributed by atoms with Gasteiger partial charge in [-0.3, -0.25) is 3.07 Å². The highest BCUT2D eigenvalue weighted by molar-refractivity contribution is 14.1. The molecule has 0 spiro atoms. The van der Waals surface area contributed by atoms with Crippen LogP contribution in [0.2, 0.25) is 0 Å². The summed E-state index contributed by atoms with van der Waals surface area (Å²) in [5, 5.41) is 17.8. The van der Waals surface area contributed by atoms with E-state index >= 15 is 0 Å². The summed E-state index contributed by atoms with van der Waals surface area (Å²) in [5.74, 6) is -0.219. The quantitative estimate of drug-likeness (QED) is 0.640. The first-order chi connectivity index (χ1) is 8.02. The second-order valence-corrected chi connectivity index (χ2v) is 4.54. The van der Waals surface area contributed by atoms with Gasteiger partial charge in [0, 0.05) is 6.42 Å². The van der Waals surface area contributed by atoms with Crippen LogP contribution in [0.3, 0.4) is 0 Å². The van der Waals surface area contributed by atoms with Gasteiger partial charge in [0.1, 0.15) is 0 Å². The number of benzene rings is 1. The van der Waals surface area contributed by atoms with Crippen molar-refractivity contribution in [3.05, 3.63) is 32.4 Å². The summed E-state index contributed by atoms with van der Waals surface area (Å²) < 4.78 is 11.2. The molecule has 0 bridgehead atoms. The van der Waals surface area contributed by atoms with E-state index in [9.17, 15) is 12.7 Å². The Morgan fingerprint density at radius 1 is 1.24 bits per heavy atom. The summed E-state index contributed by atoms with van der Waals surface area (Å²) in [6.07, 6.45) is 5.04. The maximum Gasteiger partial charge on any atom is 0.336 e. The van der Waals surface area contributed by atoms with Gasteiger partial charge in [-0.2, -0.15) is 0 Å². The topological polar surface area (TPSA) is 91.7 Å². The van der Waals surface area contributed by atoms with Gasteiger partial charge in [0.05, 0.1) is 14.7 Å². The van der Waals surface area contributed by atoms with E-state index < -0.39 is 33.1 Å². The van der Waals surface area contributed by atoms with Gasteiger partial charge in [0.25, 0.3) is 0 Å². The highest BCUT2D eigenvalue weighted by Gasteiger charge is 2.20. The van der Waals surface area contributed by atoms with E-state index in [2.05, 4.69) is 5.92 Å². The SMILES string of the molecule is C#CCc1c(C(=O)O)ccc(C(=O)O)c1I=O. The lowest BCUT2D eigenvalue weighted by molar-refractivity contribution is 0.0679. The van der Waals surface area contributed by atoms with Crippen LogP contribution < -0.4 is 0 Å². The Bertz CT molecular complexity index is 542. The van der Waals surface area contributed by atoms with E-state index in [-0.39, 0.29) is 26.7 Å². The molecule has 0 fully saturated rings. The molecule has 0 atom stereocenters. The Morgan fingerprint density at radius 3 is 2.18 bits per heavy atom. The Labute approximate surface area is 107 Å². The molecule has 17 heavy (non-hydrogen) atoms. The molecule has 0 aliphatic rings. The van der Waals surface area contributed by atoms with E-state index in [1.165, 1.54) is 6.07 Å². The van der Waals surface area contributed by atoms with Crippen molar-refractivity contribution in [2.75, 3.05) is 0 Å². The lowest BCUT2D eigenvalue weighted by atomic mass is 10.0. The molecule has 0 amide bonds. The molecule has 0 aromatic heterocycles. The summed E-state index contributed by atoms with van der Waals surface area (Å²) in [6, 6.07) is 2.31. The van der Waals surface area contributed by atoms with E-state index in [1.807, 2.05) is 0 Å². The minimum Gasteiger partial charge on any atom is -0.478 e. The zero-order chi connectivity index (χ0) is 13.0. The highest BCUT2D eigenvalue weighted by Crippen LogP contribution is 2.25. The van der Waals surface area contributed by atoms with Crippen LogP contribution in [0.1, 0.15) is 26.3 Å². The third kappa shape index (κ3) is 2.68. The number of aromatic carboxylic acids is 2. The molecule has 0 aliphatic heterocycles. The van der Waals surface area contributed by atoms with Crippen LogP contribution in [0.5, 0.6) is 0 Å². The van der Waals surface area contributed by atoms with Gasteiger partial charge in [-0.25, -0.2) is 9.59 Å². The number of hydrogen-bond donors (Lipinski definition) is 2. The monoisotopic (exact) mass is 346 g/mol. The van der Waals surface area contributed by atoms with Crippen LogP contribution >= 0.6 is 21.2 Å². The lowest BCUT2D eigenvalue weighted by Gasteiger charge is -2.08. The summed E-state index contributed by atoms with van der Waals surface area (Å²) in [6.45, 7) is 0. The van der Waals surface area contributed by atoms with Gasteiger partial charge in [-0.05, 0) is 17.7 Å². The molecule has 0 unspecified atom stereocenters. The van der Waals surface area contributed by atoms with E-state index in [0.29, 0.717) is 0 Å². The van der Waals surface area contributed by atoms with Crippen LogP contribution in [0.4, 0.5) is 0 Å². The molecule has 0 radical (unpaired) electrons. The van der Waals surface area contributed by atoms with Gasteiger partial charge in [0.15, 0.2) is 21.2 Å². The van der Waals surface area contributed by atoms with E-state index in [0.717, 1.165) is 6.07 Å². The summed E-state index contributed by atoms with van der Waals surface area (Å²) in [5.41, 5.74) is -0.0933. The molecule has 88 valence electrons. The molecule has 0 heterocycles. The van der Waals surface area contributed by atoms with Gasteiger partial charge in [-0.1, -0.05) is 0 Å². The molecule has 0 aliphatic carbocycles. The molecule has 1 aromatic carbocycles. The third-order valence-corrected chi connectivity index (χ3v) is 3.73. The minimum atomic E-state index is -1.81. The van der Waals surface area contributed by atoms with Gasteiger partial charge in [0.2, 0.25) is 0 Å². The number of carboxylic acid groups (broad SMARTS) is 2. The van der Waals surface area contributed by atoms with Crippen molar-refractivity contribution in [2.45, 2.75) is 6.42 Å². The van der Waals surface area contributed by atoms with Crippen LogP contribution in [-0.2, 0) is 9.49 Å².